The first kappa shape index (κ1) is 12.3. The van der Waals surface area contributed by atoms with E-state index in [9.17, 15) is 22.8 Å². The maximum atomic E-state index is 12.1. The molecular weight excluding hydrogens is 227 g/mol. The number of carbonyl (C=O) groups excluding carboxylic acids is 1. The van der Waals surface area contributed by atoms with Crippen LogP contribution in [0.1, 0.15) is 27.8 Å². The molecule has 1 aromatic heterocycles. The zero-order valence-electron chi connectivity index (χ0n) is 8.21. The van der Waals surface area contributed by atoms with Gasteiger partial charge in [-0.3, -0.25) is 4.79 Å². The van der Waals surface area contributed by atoms with Gasteiger partial charge in [-0.2, -0.15) is 13.2 Å². The predicted octanol–water partition coefficient (Wildman–Crippen LogP) is 1.95. The van der Waals surface area contributed by atoms with Crippen molar-refractivity contribution in [3.63, 3.8) is 0 Å². The van der Waals surface area contributed by atoms with E-state index < -0.39 is 30.2 Å². The molecule has 0 saturated heterocycles. The highest BCUT2D eigenvalue weighted by molar-refractivity contribution is 5.97. The quantitative estimate of drug-likeness (QED) is 0.814. The van der Waals surface area contributed by atoms with Crippen LogP contribution in [0.4, 0.5) is 13.2 Å². The molecule has 0 aliphatic carbocycles. The number of aromatic nitrogens is 1. The van der Waals surface area contributed by atoms with Gasteiger partial charge in [0.1, 0.15) is 12.2 Å². The van der Waals surface area contributed by atoms with Crippen LogP contribution < -0.4 is 0 Å². The molecule has 7 heteroatoms. The van der Waals surface area contributed by atoms with E-state index in [4.69, 9.17) is 5.11 Å². The minimum atomic E-state index is -4.53. The third kappa shape index (κ3) is 2.85. The average molecular weight is 235 g/mol. The Hall–Kier alpha value is -1.79. The largest absolute Gasteiger partial charge is 0.477 e. The van der Waals surface area contributed by atoms with Crippen LogP contribution >= 0.6 is 0 Å². The second-order valence-electron chi connectivity index (χ2n) is 3.22. The van der Waals surface area contributed by atoms with E-state index in [1.54, 1.807) is 0 Å². The summed E-state index contributed by atoms with van der Waals surface area (Å²) in [7, 11) is 0. The molecule has 0 aliphatic heterocycles. The van der Waals surface area contributed by atoms with Crippen LogP contribution in [0.2, 0.25) is 0 Å². The van der Waals surface area contributed by atoms with E-state index in [0.29, 0.717) is 4.57 Å². The Bertz CT molecular complexity index is 434. The Morgan fingerprint density at radius 2 is 2.00 bits per heavy atom. The topological polar surface area (TPSA) is 59.3 Å². The second-order valence-corrected chi connectivity index (χ2v) is 3.22. The summed E-state index contributed by atoms with van der Waals surface area (Å²) in [6.07, 6.45) is -3.64. The van der Waals surface area contributed by atoms with E-state index in [-0.39, 0.29) is 5.56 Å². The van der Waals surface area contributed by atoms with Crippen molar-refractivity contribution >= 4 is 11.8 Å². The fourth-order valence-corrected chi connectivity index (χ4v) is 1.21. The van der Waals surface area contributed by atoms with Gasteiger partial charge in [0.15, 0.2) is 5.78 Å². The summed E-state index contributed by atoms with van der Waals surface area (Å²) in [6, 6.07) is 0.927. The lowest BCUT2D eigenvalue weighted by atomic mass is 10.2. The van der Waals surface area contributed by atoms with Gasteiger partial charge in [-0.05, 0) is 13.0 Å². The lowest BCUT2D eigenvalue weighted by molar-refractivity contribution is -0.140. The van der Waals surface area contributed by atoms with E-state index in [0.717, 1.165) is 19.2 Å². The van der Waals surface area contributed by atoms with Crippen molar-refractivity contribution in [3.8, 4) is 0 Å². The lowest BCUT2D eigenvalue weighted by Gasteiger charge is -2.09. The summed E-state index contributed by atoms with van der Waals surface area (Å²) in [5.74, 6) is -1.99. The lowest BCUT2D eigenvalue weighted by Crippen LogP contribution is -2.20. The average Bonchev–Trinajstić information content (AvgIpc) is 2.44. The Labute approximate surface area is 88.3 Å². The molecule has 1 rings (SSSR count). The zero-order chi connectivity index (χ0) is 12.5. The van der Waals surface area contributed by atoms with Gasteiger partial charge in [-0.15, -0.1) is 0 Å². The Balaban J connectivity index is 3.15. The van der Waals surface area contributed by atoms with Gasteiger partial charge >= 0.3 is 12.1 Å². The van der Waals surface area contributed by atoms with Crippen LogP contribution in [0.5, 0.6) is 0 Å². The van der Waals surface area contributed by atoms with Gasteiger partial charge < -0.3 is 9.67 Å². The highest BCUT2D eigenvalue weighted by atomic mass is 19.4. The molecule has 0 aromatic carbocycles. The van der Waals surface area contributed by atoms with Crippen LogP contribution in [0, 0.1) is 0 Å². The number of rotatable bonds is 3. The van der Waals surface area contributed by atoms with Gasteiger partial charge in [0.25, 0.3) is 0 Å². The number of ketones is 1. The number of aromatic carboxylic acids is 1. The molecule has 1 N–H and O–H groups in total. The summed E-state index contributed by atoms with van der Waals surface area (Å²) in [4.78, 5) is 21.6. The summed E-state index contributed by atoms with van der Waals surface area (Å²) in [5.41, 5.74) is -0.607. The van der Waals surface area contributed by atoms with Crippen molar-refractivity contribution in [2.45, 2.75) is 19.6 Å². The number of hydrogen-bond acceptors (Lipinski definition) is 2. The molecule has 1 heterocycles. The van der Waals surface area contributed by atoms with Crippen LogP contribution in [0.25, 0.3) is 0 Å². The molecule has 0 unspecified atom stereocenters. The van der Waals surface area contributed by atoms with Gasteiger partial charge in [-0.25, -0.2) is 4.79 Å². The van der Waals surface area contributed by atoms with E-state index in [2.05, 4.69) is 0 Å². The van der Waals surface area contributed by atoms with Gasteiger partial charge in [0.05, 0.1) is 0 Å². The van der Waals surface area contributed by atoms with Gasteiger partial charge in [0, 0.05) is 11.8 Å². The molecule has 0 spiro atoms. The third-order valence-electron chi connectivity index (χ3n) is 1.87. The zero-order valence-corrected chi connectivity index (χ0v) is 8.21. The second kappa shape index (κ2) is 3.99. The van der Waals surface area contributed by atoms with Crippen LogP contribution in [-0.2, 0) is 6.54 Å². The molecule has 4 nitrogen and oxygen atoms in total. The number of carboxylic acids is 1. The molecule has 0 amide bonds. The van der Waals surface area contributed by atoms with Crippen molar-refractivity contribution in [2.24, 2.45) is 0 Å². The van der Waals surface area contributed by atoms with Crippen molar-refractivity contribution in [1.82, 2.24) is 4.57 Å². The molecular formula is C9H8F3NO3. The first-order valence-electron chi connectivity index (χ1n) is 4.22. The molecule has 16 heavy (non-hydrogen) atoms. The first-order chi connectivity index (χ1) is 7.20. The van der Waals surface area contributed by atoms with Crippen LogP contribution in [0.3, 0.4) is 0 Å². The number of carbonyl (C=O) groups is 2. The Kier molecular flexibility index (Phi) is 3.06. The van der Waals surface area contributed by atoms with Crippen LogP contribution in [-0.4, -0.2) is 27.6 Å². The smallest absolute Gasteiger partial charge is 0.406 e. The van der Waals surface area contributed by atoms with Crippen molar-refractivity contribution in [2.75, 3.05) is 0 Å². The van der Waals surface area contributed by atoms with Gasteiger partial charge in [-0.1, -0.05) is 0 Å². The summed E-state index contributed by atoms with van der Waals surface area (Å²) >= 11 is 0. The van der Waals surface area contributed by atoms with Crippen molar-refractivity contribution < 1.29 is 27.9 Å². The van der Waals surface area contributed by atoms with Crippen molar-refractivity contribution in [3.05, 3.63) is 23.5 Å². The highest BCUT2D eigenvalue weighted by Crippen LogP contribution is 2.20. The standard InChI is InChI=1S/C9H8F3NO3/c1-5(14)6-2-7(8(15)16)13(3-6)4-9(10,11)12/h2-3H,4H2,1H3,(H,15,16). The predicted molar refractivity (Wildman–Crippen MR) is 47.5 cm³/mol. The molecule has 0 atom stereocenters. The molecule has 88 valence electrons. The molecule has 0 aliphatic rings. The number of nitrogens with zero attached hydrogens (tertiary/aromatic N) is 1. The van der Waals surface area contributed by atoms with Crippen molar-refractivity contribution in [1.29, 1.82) is 0 Å². The minimum Gasteiger partial charge on any atom is -0.477 e. The first-order valence-corrected chi connectivity index (χ1v) is 4.22. The number of alkyl halides is 3. The van der Waals surface area contributed by atoms with Crippen LogP contribution in [0.15, 0.2) is 12.3 Å². The molecule has 0 fully saturated rings. The highest BCUT2D eigenvalue weighted by Gasteiger charge is 2.30. The molecule has 1 aromatic rings. The molecule has 0 saturated carbocycles. The molecule has 0 bridgehead atoms. The van der Waals surface area contributed by atoms with Gasteiger partial charge in [0.2, 0.25) is 0 Å². The summed E-state index contributed by atoms with van der Waals surface area (Å²) < 4.78 is 36.8. The SMILES string of the molecule is CC(=O)c1cc(C(=O)O)n(CC(F)(F)F)c1. The maximum Gasteiger partial charge on any atom is 0.406 e. The fraction of sp³-hybridized carbons (Fsp3) is 0.333. The van der Waals surface area contributed by atoms with E-state index in [1.807, 2.05) is 0 Å². The Morgan fingerprint density at radius 1 is 1.44 bits per heavy atom. The Morgan fingerprint density at radius 3 is 2.38 bits per heavy atom. The number of halogens is 3. The normalized spacial score (nSPS) is 11.5. The number of Topliss-reactive ketones (excluding diaryl/α,β-unsaturated/α-hetero) is 1. The van der Waals surface area contributed by atoms with E-state index in [1.165, 1.54) is 0 Å². The minimum absolute atomic E-state index is 0.0540. The maximum absolute atomic E-state index is 12.1. The fourth-order valence-electron chi connectivity index (χ4n) is 1.21. The molecule has 0 radical (unpaired) electrons. The summed E-state index contributed by atoms with van der Waals surface area (Å²) in [5, 5.41) is 8.66. The summed E-state index contributed by atoms with van der Waals surface area (Å²) in [6.45, 7) is -0.277. The monoisotopic (exact) mass is 235 g/mol. The number of carboxylic acid groups (broad SMARTS) is 1. The van der Waals surface area contributed by atoms with E-state index >= 15 is 0 Å². The number of hydrogen-bond donors (Lipinski definition) is 1. The third-order valence-corrected chi connectivity index (χ3v) is 1.87.